The van der Waals surface area contributed by atoms with E-state index in [9.17, 15) is 4.79 Å². The molecule has 2 heterocycles. The molecule has 3 nitrogen and oxygen atoms in total. The van der Waals surface area contributed by atoms with E-state index < -0.39 is 0 Å². The van der Waals surface area contributed by atoms with E-state index in [-0.39, 0.29) is 5.56 Å². The first kappa shape index (κ1) is 13.8. The molecule has 0 N–H and O–H groups in total. The Hall–Kier alpha value is -3.40. The molecule has 4 aromatic carbocycles. The third kappa shape index (κ3) is 1.54. The maximum atomic E-state index is 13.4. The molecule has 6 rings (SSSR count). The molecule has 0 radical (unpaired) electrons. The fourth-order valence-electron chi connectivity index (χ4n) is 4.28. The van der Waals surface area contributed by atoms with Gasteiger partial charge in [-0.1, -0.05) is 54.0 Å². The molecule has 0 unspecified atom stereocenters. The van der Waals surface area contributed by atoms with Crippen LogP contribution in [0.5, 0.6) is 0 Å². The van der Waals surface area contributed by atoms with Gasteiger partial charge in [0, 0.05) is 21.5 Å². The van der Waals surface area contributed by atoms with E-state index in [1.807, 2.05) is 36.4 Å². The van der Waals surface area contributed by atoms with Crippen LogP contribution in [0.4, 0.5) is 0 Å². The molecule has 0 bridgehead atoms. The summed E-state index contributed by atoms with van der Waals surface area (Å²) in [7, 11) is 2.08. The minimum Gasteiger partial charge on any atom is -0.268 e. The van der Waals surface area contributed by atoms with Crippen LogP contribution in [0, 0.1) is 0 Å². The Balaban J connectivity index is 2.07. The van der Waals surface area contributed by atoms with Crippen molar-refractivity contribution in [3.63, 3.8) is 0 Å². The number of pyridine rings is 1. The first-order valence-electron chi connectivity index (χ1n) is 8.71. The SMILES string of the molecule is Bc1ccc2c3c1cccc3c(=O)n1c3cccc4cccc(nc21)c43. The maximum absolute atomic E-state index is 13.4. The van der Waals surface area contributed by atoms with Crippen LogP contribution in [-0.2, 0) is 0 Å². The summed E-state index contributed by atoms with van der Waals surface area (Å²) in [5, 5.41) is 6.04. The van der Waals surface area contributed by atoms with Crippen LogP contribution in [0.3, 0.4) is 0 Å². The summed E-state index contributed by atoms with van der Waals surface area (Å²) in [6.07, 6.45) is 0. The molecule has 120 valence electrons. The Morgan fingerprint density at radius 3 is 2.42 bits per heavy atom. The Morgan fingerprint density at radius 1 is 0.769 bits per heavy atom. The first-order chi connectivity index (χ1) is 12.7. The Bertz CT molecular complexity index is 1560. The van der Waals surface area contributed by atoms with Gasteiger partial charge in [-0.3, -0.25) is 9.20 Å². The largest absolute Gasteiger partial charge is 0.268 e. The number of fused-ring (bicyclic) bond motifs is 3. The van der Waals surface area contributed by atoms with Crippen LogP contribution in [0.1, 0.15) is 0 Å². The Morgan fingerprint density at radius 2 is 1.54 bits per heavy atom. The Labute approximate surface area is 149 Å². The van der Waals surface area contributed by atoms with Gasteiger partial charge in [0.05, 0.1) is 11.0 Å². The van der Waals surface area contributed by atoms with Crippen molar-refractivity contribution in [2.75, 3.05) is 0 Å². The van der Waals surface area contributed by atoms with Crippen LogP contribution in [-0.4, -0.2) is 17.2 Å². The molecule has 0 aliphatic heterocycles. The van der Waals surface area contributed by atoms with E-state index in [2.05, 4.69) is 38.2 Å². The second-order valence-corrected chi connectivity index (χ2v) is 6.89. The Kier molecular flexibility index (Phi) is 2.46. The summed E-state index contributed by atoms with van der Waals surface area (Å²) in [4.78, 5) is 18.4. The zero-order valence-corrected chi connectivity index (χ0v) is 14.2. The predicted molar refractivity (Wildman–Crippen MR) is 111 cm³/mol. The van der Waals surface area contributed by atoms with Gasteiger partial charge in [0.1, 0.15) is 13.5 Å². The van der Waals surface area contributed by atoms with Crippen LogP contribution in [0.2, 0.25) is 0 Å². The van der Waals surface area contributed by atoms with Crippen molar-refractivity contribution in [2.24, 2.45) is 0 Å². The lowest BCUT2D eigenvalue weighted by Gasteiger charge is -2.14. The van der Waals surface area contributed by atoms with Crippen molar-refractivity contribution in [1.29, 1.82) is 0 Å². The van der Waals surface area contributed by atoms with Crippen molar-refractivity contribution < 1.29 is 0 Å². The van der Waals surface area contributed by atoms with Gasteiger partial charge in [-0.25, -0.2) is 4.98 Å². The van der Waals surface area contributed by atoms with Crippen molar-refractivity contribution in [1.82, 2.24) is 9.38 Å². The van der Waals surface area contributed by atoms with E-state index >= 15 is 0 Å². The van der Waals surface area contributed by atoms with Gasteiger partial charge in [0.2, 0.25) is 0 Å². The molecule has 4 heteroatoms. The van der Waals surface area contributed by atoms with Gasteiger partial charge in [-0.05, 0) is 29.0 Å². The third-order valence-corrected chi connectivity index (χ3v) is 5.47. The molecule has 0 atom stereocenters. The zero-order chi connectivity index (χ0) is 17.4. The lowest BCUT2D eigenvalue weighted by atomic mass is 9.87. The van der Waals surface area contributed by atoms with Gasteiger partial charge >= 0.3 is 0 Å². The van der Waals surface area contributed by atoms with Gasteiger partial charge in [0.25, 0.3) is 5.56 Å². The number of rotatable bonds is 0. The summed E-state index contributed by atoms with van der Waals surface area (Å²) in [6, 6.07) is 22.4. The van der Waals surface area contributed by atoms with Gasteiger partial charge in [0.15, 0.2) is 0 Å². The first-order valence-corrected chi connectivity index (χ1v) is 8.71. The van der Waals surface area contributed by atoms with E-state index in [0.29, 0.717) is 0 Å². The number of hydrogen-bond donors (Lipinski definition) is 0. The van der Waals surface area contributed by atoms with Crippen LogP contribution < -0.4 is 11.0 Å². The summed E-state index contributed by atoms with van der Waals surface area (Å²) in [5.74, 6) is 0. The number of nitrogens with zero attached hydrogens (tertiary/aromatic N) is 2. The van der Waals surface area contributed by atoms with Crippen LogP contribution >= 0.6 is 0 Å². The standard InChI is InChI=1S/C22H13BN2O/c23-16-11-10-14-20-13(16)6-3-7-15(20)22(26)25-18-9-2-5-12-4-1-8-17(19(12)18)24-21(14)25/h1-11H,23H2. The average Bonchev–Trinajstić information content (AvgIpc) is 2.67. The molecule has 6 aromatic rings. The molecule has 0 aliphatic rings. The predicted octanol–water partition coefficient (Wildman–Crippen LogP) is 3.00. The lowest BCUT2D eigenvalue weighted by Crippen LogP contribution is -2.17. The van der Waals surface area contributed by atoms with Crippen LogP contribution in [0.15, 0.2) is 71.5 Å². The average molecular weight is 332 g/mol. The normalized spacial score (nSPS) is 12.2. The van der Waals surface area contributed by atoms with Gasteiger partial charge in [-0.15, -0.1) is 0 Å². The maximum Gasteiger partial charge on any atom is 0.264 e. The highest BCUT2D eigenvalue weighted by Crippen LogP contribution is 2.31. The lowest BCUT2D eigenvalue weighted by molar-refractivity contribution is 1.15. The smallest absolute Gasteiger partial charge is 0.264 e. The van der Waals surface area contributed by atoms with E-state index in [1.54, 1.807) is 4.40 Å². The summed E-state index contributed by atoms with van der Waals surface area (Å²) in [5.41, 5.74) is 3.73. The molecule has 0 aliphatic carbocycles. The molecule has 0 saturated heterocycles. The fourth-order valence-corrected chi connectivity index (χ4v) is 4.28. The number of aromatic nitrogens is 2. The van der Waals surface area contributed by atoms with Crippen molar-refractivity contribution in [2.45, 2.75) is 0 Å². The quantitative estimate of drug-likeness (QED) is 0.243. The molecule has 0 fully saturated rings. The van der Waals surface area contributed by atoms with Crippen molar-refractivity contribution in [3.05, 3.63) is 77.1 Å². The van der Waals surface area contributed by atoms with E-state index in [4.69, 9.17) is 4.98 Å². The van der Waals surface area contributed by atoms with Crippen LogP contribution in [0.25, 0.3) is 49.0 Å². The van der Waals surface area contributed by atoms with Gasteiger partial charge < -0.3 is 0 Å². The molecule has 26 heavy (non-hydrogen) atoms. The molecular formula is C22H13BN2O. The highest BCUT2D eigenvalue weighted by Gasteiger charge is 2.16. The third-order valence-electron chi connectivity index (χ3n) is 5.47. The minimum absolute atomic E-state index is 0.00514. The second-order valence-electron chi connectivity index (χ2n) is 6.89. The van der Waals surface area contributed by atoms with Gasteiger partial charge in [-0.2, -0.15) is 0 Å². The highest BCUT2D eigenvalue weighted by molar-refractivity contribution is 6.41. The number of benzene rings is 4. The molecule has 0 saturated carbocycles. The van der Waals surface area contributed by atoms with E-state index in [1.165, 1.54) is 5.46 Å². The number of hydrogen-bond acceptors (Lipinski definition) is 2. The topological polar surface area (TPSA) is 34.4 Å². The molecular weight excluding hydrogens is 319 g/mol. The molecule has 0 spiro atoms. The summed E-state index contributed by atoms with van der Waals surface area (Å²) in [6.45, 7) is 0. The fraction of sp³-hybridized carbons (Fsp3) is 0. The summed E-state index contributed by atoms with van der Waals surface area (Å²) < 4.78 is 1.78. The molecule has 2 aromatic heterocycles. The minimum atomic E-state index is -0.00514. The second kappa shape index (κ2) is 4.61. The summed E-state index contributed by atoms with van der Waals surface area (Å²) >= 11 is 0. The molecule has 0 amide bonds. The van der Waals surface area contributed by atoms with E-state index in [0.717, 1.165) is 49.0 Å². The monoisotopic (exact) mass is 332 g/mol. The highest BCUT2D eigenvalue weighted by atomic mass is 16.1. The van der Waals surface area contributed by atoms with Crippen molar-refractivity contribution in [3.8, 4) is 0 Å². The zero-order valence-electron chi connectivity index (χ0n) is 14.2. The van der Waals surface area contributed by atoms with Crippen molar-refractivity contribution >= 4 is 62.3 Å².